The van der Waals surface area contributed by atoms with E-state index in [4.69, 9.17) is 5.73 Å². The van der Waals surface area contributed by atoms with Crippen molar-refractivity contribution >= 4 is 0 Å². The molecular weight excluding hydrogens is 210 g/mol. The second-order valence-corrected chi connectivity index (χ2v) is 6.57. The molecule has 1 saturated carbocycles. The highest BCUT2D eigenvalue weighted by Crippen LogP contribution is 2.39. The van der Waals surface area contributed by atoms with Gasteiger partial charge in [0.1, 0.15) is 0 Å². The first-order valence-electron chi connectivity index (χ1n) is 7.19. The second kappa shape index (κ2) is 5.25. The lowest BCUT2D eigenvalue weighted by Crippen LogP contribution is -2.62. The van der Waals surface area contributed by atoms with Gasteiger partial charge >= 0.3 is 0 Å². The van der Waals surface area contributed by atoms with Gasteiger partial charge in [-0.05, 0) is 38.1 Å². The van der Waals surface area contributed by atoms with E-state index < -0.39 is 0 Å². The van der Waals surface area contributed by atoms with Crippen LogP contribution in [0.1, 0.15) is 33.1 Å². The molecule has 0 bridgehead atoms. The molecule has 0 aromatic heterocycles. The third-order valence-corrected chi connectivity index (χ3v) is 4.82. The predicted octanol–water partition coefficient (Wildman–Crippen LogP) is 1.39. The molecule has 1 heterocycles. The van der Waals surface area contributed by atoms with E-state index in [-0.39, 0.29) is 0 Å². The first-order valence-corrected chi connectivity index (χ1v) is 7.19. The molecule has 2 aliphatic rings. The fourth-order valence-corrected chi connectivity index (χ4v) is 4.07. The maximum atomic E-state index is 6.17. The van der Waals surface area contributed by atoms with Crippen LogP contribution in [0.3, 0.4) is 0 Å². The van der Waals surface area contributed by atoms with Gasteiger partial charge in [0.2, 0.25) is 0 Å². The standard InChI is InChI=1S/C14H29N3/c1-12-8-13(2)10-14(9-12,11-15)17-6-4-16(3)5-7-17/h12-13H,4-11,15H2,1-3H3. The van der Waals surface area contributed by atoms with Crippen molar-refractivity contribution in [1.29, 1.82) is 0 Å². The number of nitrogens with zero attached hydrogens (tertiary/aromatic N) is 2. The largest absolute Gasteiger partial charge is 0.329 e. The molecule has 17 heavy (non-hydrogen) atoms. The van der Waals surface area contributed by atoms with Crippen LogP contribution in [-0.4, -0.2) is 55.1 Å². The summed E-state index contributed by atoms with van der Waals surface area (Å²) in [6, 6.07) is 0. The van der Waals surface area contributed by atoms with Crippen LogP contribution in [0.15, 0.2) is 0 Å². The van der Waals surface area contributed by atoms with Crippen molar-refractivity contribution in [2.45, 2.75) is 38.6 Å². The van der Waals surface area contributed by atoms with Crippen LogP contribution in [0.4, 0.5) is 0 Å². The number of hydrogen-bond donors (Lipinski definition) is 1. The van der Waals surface area contributed by atoms with Crippen LogP contribution in [0, 0.1) is 11.8 Å². The van der Waals surface area contributed by atoms with Crippen molar-refractivity contribution in [3.05, 3.63) is 0 Å². The molecule has 2 fully saturated rings. The van der Waals surface area contributed by atoms with Crippen molar-refractivity contribution in [2.75, 3.05) is 39.8 Å². The Kier molecular flexibility index (Phi) is 4.11. The maximum Gasteiger partial charge on any atom is 0.0337 e. The summed E-state index contributed by atoms with van der Waals surface area (Å²) in [6.45, 7) is 10.4. The van der Waals surface area contributed by atoms with Gasteiger partial charge in [-0.25, -0.2) is 0 Å². The van der Waals surface area contributed by atoms with Gasteiger partial charge in [-0.1, -0.05) is 13.8 Å². The van der Waals surface area contributed by atoms with Crippen molar-refractivity contribution in [1.82, 2.24) is 9.80 Å². The lowest BCUT2D eigenvalue weighted by molar-refractivity contribution is -0.00802. The molecule has 0 aromatic rings. The normalized spacial score (nSPS) is 41.6. The van der Waals surface area contributed by atoms with Crippen LogP contribution >= 0.6 is 0 Å². The van der Waals surface area contributed by atoms with Crippen LogP contribution in [0.2, 0.25) is 0 Å². The smallest absolute Gasteiger partial charge is 0.0337 e. The maximum absolute atomic E-state index is 6.17. The monoisotopic (exact) mass is 239 g/mol. The third-order valence-electron chi connectivity index (χ3n) is 4.82. The first-order chi connectivity index (χ1) is 8.05. The van der Waals surface area contributed by atoms with E-state index in [0.29, 0.717) is 5.54 Å². The van der Waals surface area contributed by atoms with E-state index >= 15 is 0 Å². The van der Waals surface area contributed by atoms with Gasteiger partial charge in [-0.2, -0.15) is 0 Å². The summed E-state index contributed by atoms with van der Waals surface area (Å²) in [5.74, 6) is 1.67. The van der Waals surface area contributed by atoms with E-state index in [1.54, 1.807) is 0 Å². The van der Waals surface area contributed by atoms with E-state index in [1.807, 2.05) is 0 Å². The molecule has 3 heteroatoms. The Labute approximate surface area is 106 Å². The summed E-state index contributed by atoms with van der Waals surface area (Å²) in [6.07, 6.45) is 3.99. The molecule has 0 spiro atoms. The molecule has 100 valence electrons. The Hall–Kier alpha value is -0.120. The summed E-state index contributed by atoms with van der Waals surface area (Å²) < 4.78 is 0. The Morgan fingerprint density at radius 3 is 2.06 bits per heavy atom. The number of rotatable bonds is 2. The highest BCUT2D eigenvalue weighted by atomic mass is 15.3. The molecule has 3 nitrogen and oxygen atoms in total. The van der Waals surface area contributed by atoms with Crippen LogP contribution < -0.4 is 5.73 Å². The number of piperazine rings is 1. The van der Waals surface area contributed by atoms with Gasteiger partial charge in [0.25, 0.3) is 0 Å². The summed E-state index contributed by atoms with van der Waals surface area (Å²) in [5.41, 5.74) is 6.48. The first kappa shape index (κ1) is 13.3. The SMILES string of the molecule is CC1CC(C)CC(CN)(N2CCN(C)CC2)C1. The lowest BCUT2D eigenvalue weighted by atomic mass is 9.70. The minimum Gasteiger partial charge on any atom is -0.329 e. The zero-order chi connectivity index (χ0) is 12.5. The van der Waals surface area contributed by atoms with Crippen molar-refractivity contribution in [2.24, 2.45) is 17.6 Å². The van der Waals surface area contributed by atoms with Crippen LogP contribution in [0.25, 0.3) is 0 Å². The van der Waals surface area contributed by atoms with Crippen molar-refractivity contribution < 1.29 is 0 Å². The third kappa shape index (κ3) is 2.83. The molecule has 1 aliphatic carbocycles. The molecular formula is C14H29N3. The Bertz CT molecular complexity index is 236. The average molecular weight is 239 g/mol. The van der Waals surface area contributed by atoms with Gasteiger partial charge in [0, 0.05) is 38.3 Å². The average Bonchev–Trinajstić information content (AvgIpc) is 2.28. The minimum absolute atomic E-state index is 0.304. The minimum atomic E-state index is 0.304. The molecule has 0 radical (unpaired) electrons. The summed E-state index contributed by atoms with van der Waals surface area (Å²) in [5, 5.41) is 0. The number of nitrogens with two attached hydrogens (primary N) is 1. The summed E-state index contributed by atoms with van der Waals surface area (Å²) in [4.78, 5) is 5.12. The van der Waals surface area contributed by atoms with Gasteiger partial charge < -0.3 is 10.6 Å². The van der Waals surface area contributed by atoms with Crippen LogP contribution in [0.5, 0.6) is 0 Å². The Morgan fingerprint density at radius 2 is 1.59 bits per heavy atom. The van der Waals surface area contributed by atoms with Crippen LogP contribution in [-0.2, 0) is 0 Å². The quantitative estimate of drug-likeness (QED) is 0.790. The molecule has 2 rings (SSSR count). The van der Waals surface area contributed by atoms with Crippen molar-refractivity contribution in [3.8, 4) is 0 Å². The molecule has 0 aromatic carbocycles. The Balaban J connectivity index is 2.07. The number of likely N-dealkylation sites (N-methyl/N-ethyl adjacent to an activating group) is 1. The zero-order valence-corrected chi connectivity index (χ0v) is 11.8. The Morgan fingerprint density at radius 1 is 1.06 bits per heavy atom. The summed E-state index contributed by atoms with van der Waals surface area (Å²) >= 11 is 0. The van der Waals surface area contributed by atoms with E-state index in [9.17, 15) is 0 Å². The molecule has 0 amide bonds. The molecule has 2 atom stereocenters. The highest BCUT2D eigenvalue weighted by molar-refractivity contribution is 4.98. The predicted molar refractivity (Wildman–Crippen MR) is 73.0 cm³/mol. The van der Waals surface area contributed by atoms with Gasteiger partial charge in [-0.15, -0.1) is 0 Å². The fraction of sp³-hybridized carbons (Fsp3) is 1.00. The lowest BCUT2D eigenvalue weighted by Gasteiger charge is -2.52. The molecule has 1 aliphatic heterocycles. The highest BCUT2D eigenvalue weighted by Gasteiger charge is 2.42. The molecule has 2 N–H and O–H groups in total. The molecule has 2 unspecified atom stereocenters. The van der Waals surface area contributed by atoms with Gasteiger partial charge in [-0.3, -0.25) is 4.90 Å². The van der Waals surface area contributed by atoms with E-state index in [1.165, 1.54) is 45.4 Å². The van der Waals surface area contributed by atoms with E-state index in [2.05, 4.69) is 30.7 Å². The van der Waals surface area contributed by atoms with Crippen molar-refractivity contribution in [3.63, 3.8) is 0 Å². The number of hydrogen-bond acceptors (Lipinski definition) is 3. The molecule has 1 saturated heterocycles. The summed E-state index contributed by atoms with van der Waals surface area (Å²) in [7, 11) is 2.22. The van der Waals surface area contributed by atoms with Gasteiger partial charge in [0.15, 0.2) is 0 Å². The zero-order valence-electron chi connectivity index (χ0n) is 11.8. The topological polar surface area (TPSA) is 32.5 Å². The van der Waals surface area contributed by atoms with E-state index in [0.717, 1.165) is 18.4 Å². The fourth-order valence-electron chi connectivity index (χ4n) is 4.07. The second-order valence-electron chi connectivity index (χ2n) is 6.57. The van der Waals surface area contributed by atoms with Gasteiger partial charge in [0.05, 0.1) is 0 Å².